The van der Waals surface area contributed by atoms with E-state index >= 15 is 38.4 Å². The van der Waals surface area contributed by atoms with Crippen LogP contribution in [0.4, 0.5) is 0 Å². The Morgan fingerprint density at radius 2 is 0.896 bits per heavy atom. The SMILES string of the molecule is C/C=C/C[C@@H](C)[C@@H](O)[C@H]1C(=O)N[C@@H](CC)C(=O)N(C)C(SCCC)C(=O)N(C)[C@@H](CC(C)C)C(=O)N(Cc2ccccc2)[C@@H](C(C)C)C(=O)N(C)[C@@H](CC(C)C)C(=O)N[C@@H](C)C(=O)N[C@H](C)C(=O)N(C)[C@@H](CC(C)C)C(=O)N(C)[C@@H](CC(C)C)C(=O)N(C)[C@@H](C(C)C)C(=O)N1C. The lowest BCUT2D eigenvalue weighted by Gasteiger charge is -2.42. The number of thioether (sulfide) groups is 1. The number of rotatable bonds is 20. The highest BCUT2D eigenvalue weighted by Gasteiger charge is 2.47. The van der Waals surface area contributed by atoms with Crippen LogP contribution in [0.2, 0.25) is 0 Å². The van der Waals surface area contributed by atoms with E-state index < -0.39 is 155 Å². The van der Waals surface area contributed by atoms with Gasteiger partial charge in [0.05, 0.1) is 6.10 Å². The second kappa shape index (κ2) is 39.7. The molecule has 0 radical (unpaired) electrons. The minimum Gasteiger partial charge on any atom is -0.390 e. The second-order valence-corrected chi connectivity index (χ2v) is 30.1. The molecule has 1 aliphatic heterocycles. The van der Waals surface area contributed by atoms with Gasteiger partial charge in [0.25, 0.3) is 5.91 Å². The summed E-state index contributed by atoms with van der Waals surface area (Å²) in [5.41, 5.74) is 0.678. The van der Waals surface area contributed by atoms with Crippen molar-refractivity contribution in [3.05, 3.63) is 48.0 Å². The third-order valence-electron chi connectivity index (χ3n) is 18.1. The number of amides is 11. The van der Waals surface area contributed by atoms with Crippen LogP contribution < -0.4 is 16.0 Å². The van der Waals surface area contributed by atoms with Crippen LogP contribution in [0.15, 0.2) is 42.5 Å². The van der Waals surface area contributed by atoms with Gasteiger partial charge in [-0.25, -0.2) is 0 Å². The molecule has 0 aromatic heterocycles. The molecule has 544 valence electrons. The van der Waals surface area contributed by atoms with Crippen LogP contribution in [-0.2, 0) is 59.3 Å². The first-order valence-corrected chi connectivity index (χ1v) is 35.7. The fraction of sp³-hybridized carbons (Fsp3) is 0.736. The minimum atomic E-state index is -1.64. The predicted octanol–water partition coefficient (Wildman–Crippen LogP) is 6.65. The van der Waals surface area contributed by atoms with E-state index in [1.807, 2.05) is 106 Å². The first-order valence-electron chi connectivity index (χ1n) is 34.7. The van der Waals surface area contributed by atoms with Crippen molar-refractivity contribution in [1.82, 2.24) is 55.1 Å². The highest BCUT2D eigenvalue weighted by molar-refractivity contribution is 8.00. The molecule has 13 atom stereocenters. The van der Waals surface area contributed by atoms with Crippen molar-refractivity contribution < 1.29 is 57.8 Å². The zero-order valence-electron chi connectivity index (χ0n) is 62.8. The summed E-state index contributed by atoms with van der Waals surface area (Å²) in [6, 6.07) is -3.55. The predicted molar refractivity (Wildman–Crippen MR) is 379 cm³/mol. The van der Waals surface area contributed by atoms with Gasteiger partial charge >= 0.3 is 0 Å². The van der Waals surface area contributed by atoms with Crippen molar-refractivity contribution in [3.8, 4) is 0 Å². The Labute approximate surface area is 579 Å². The molecule has 4 N–H and O–H groups in total. The number of benzene rings is 1. The van der Waals surface area contributed by atoms with Crippen LogP contribution in [0.5, 0.6) is 0 Å². The molecule has 0 aliphatic carbocycles. The van der Waals surface area contributed by atoms with Gasteiger partial charge in [-0.3, -0.25) is 52.7 Å². The van der Waals surface area contributed by atoms with Crippen LogP contribution in [-0.4, -0.2) is 236 Å². The Kier molecular flexibility index (Phi) is 35.4. The molecule has 1 aromatic carbocycles. The van der Waals surface area contributed by atoms with Gasteiger partial charge in [0.2, 0.25) is 59.1 Å². The molecule has 1 saturated heterocycles. The highest BCUT2D eigenvalue weighted by Crippen LogP contribution is 2.29. The Balaban J connectivity index is 3.21. The third-order valence-corrected chi connectivity index (χ3v) is 19.6. The van der Waals surface area contributed by atoms with Crippen LogP contribution in [0.25, 0.3) is 0 Å². The molecule has 96 heavy (non-hydrogen) atoms. The average Bonchev–Trinajstić information content (AvgIpc) is 0.810. The summed E-state index contributed by atoms with van der Waals surface area (Å²) in [6.45, 7) is 32.1. The van der Waals surface area contributed by atoms with Gasteiger partial charge in [-0.1, -0.05) is 146 Å². The number of nitrogens with one attached hydrogen (secondary N) is 3. The molecule has 24 heteroatoms. The Morgan fingerprint density at radius 3 is 1.36 bits per heavy atom. The summed E-state index contributed by atoms with van der Waals surface area (Å²) in [7, 11) is 10.2. The monoisotopic (exact) mass is 1370 g/mol. The van der Waals surface area contributed by atoms with Gasteiger partial charge in [-0.05, 0) is 118 Å². The van der Waals surface area contributed by atoms with Gasteiger partial charge in [0.1, 0.15) is 60.4 Å². The fourth-order valence-corrected chi connectivity index (χ4v) is 13.5. The van der Waals surface area contributed by atoms with E-state index in [-0.39, 0.29) is 62.3 Å². The van der Waals surface area contributed by atoms with E-state index in [4.69, 9.17) is 0 Å². The standard InChI is InChI=1S/C72H123N11O12S/c1-26-29-33-48(16)60(84)59-63(87)75-52(28-3)65(89)82(25)72(96-36-27-2)71(95)79(22)56(40-45(10)11)68(92)83(41-51-34-31-30-32-35-51)58(47(14)15)70(94)76(19)53(37-42(4)5)62(86)73-49(17)61(85)74-50(18)64(88)77(20)54(38-43(6)7)66(90)78(21)55(39-44(8)9)67(91)80(23)57(46(12)13)69(93)81(59)24/h26,29-32,34-35,42-50,52-60,72,84H,27-28,33,36-41H2,1-25H3,(H,73,86)(H,74,85)(H,75,87)/b29-26+/t48-,49+,50-,52+,53+,54+,55+,56+,57+,58+,59+,60-,72?/m1/s1. The highest BCUT2D eigenvalue weighted by atomic mass is 32.2. The summed E-state index contributed by atoms with van der Waals surface area (Å²) < 4.78 is 0. The maximum atomic E-state index is 15.9. The fourth-order valence-electron chi connectivity index (χ4n) is 12.4. The molecule has 0 bridgehead atoms. The van der Waals surface area contributed by atoms with Gasteiger partial charge in [0, 0.05) is 55.9 Å². The van der Waals surface area contributed by atoms with Crippen molar-refractivity contribution >= 4 is 76.7 Å². The van der Waals surface area contributed by atoms with E-state index in [0.717, 1.165) is 4.90 Å². The Morgan fingerprint density at radius 1 is 0.469 bits per heavy atom. The number of nitrogens with zero attached hydrogens (tertiary/aromatic N) is 8. The maximum absolute atomic E-state index is 15.9. The number of hydrogen-bond donors (Lipinski definition) is 4. The largest absolute Gasteiger partial charge is 0.390 e. The van der Waals surface area contributed by atoms with Crippen LogP contribution in [0.1, 0.15) is 175 Å². The smallest absolute Gasteiger partial charge is 0.256 e. The Bertz CT molecular complexity index is 2780. The molecule has 1 fully saturated rings. The number of likely N-dealkylation sites (N-methyl/N-ethyl adjacent to an activating group) is 7. The molecular weight excluding hydrogens is 1240 g/mol. The third kappa shape index (κ3) is 23.3. The van der Waals surface area contributed by atoms with Gasteiger partial charge < -0.3 is 60.3 Å². The molecule has 1 aliphatic rings. The summed E-state index contributed by atoms with van der Waals surface area (Å²) in [5, 5.41) is 19.4. The quantitative estimate of drug-likeness (QED) is 0.0998. The maximum Gasteiger partial charge on any atom is 0.256 e. The summed E-state index contributed by atoms with van der Waals surface area (Å²) in [6.07, 6.45) is 3.55. The van der Waals surface area contributed by atoms with E-state index in [9.17, 15) is 19.5 Å². The second-order valence-electron chi connectivity index (χ2n) is 28.9. The van der Waals surface area contributed by atoms with Gasteiger partial charge in [-0.2, -0.15) is 0 Å². The zero-order chi connectivity index (χ0) is 73.7. The molecule has 23 nitrogen and oxygen atoms in total. The van der Waals surface area contributed by atoms with E-state index in [0.29, 0.717) is 24.2 Å². The normalized spacial score (nSPS) is 26.0. The summed E-state index contributed by atoms with van der Waals surface area (Å²) >= 11 is 1.18. The minimum absolute atomic E-state index is 0.00471. The van der Waals surface area contributed by atoms with Crippen LogP contribution >= 0.6 is 11.8 Å². The van der Waals surface area contributed by atoms with Gasteiger partial charge in [0.15, 0.2) is 5.37 Å². The first-order chi connectivity index (χ1) is 44.7. The lowest BCUT2D eigenvalue weighted by atomic mass is 9.91. The van der Waals surface area contributed by atoms with Crippen molar-refractivity contribution in [2.24, 2.45) is 41.4 Å². The number of carbonyl (C=O) groups excluding carboxylic acids is 11. The van der Waals surface area contributed by atoms with Crippen LogP contribution in [0, 0.1) is 41.4 Å². The molecule has 11 amide bonds. The summed E-state index contributed by atoms with van der Waals surface area (Å²) in [4.78, 5) is 177. The molecule has 1 unspecified atom stereocenters. The lowest BCUT2D eigenvalue weighted by molar-refractivity contribution is -0.157. The zero-order valence-corrected chi connectivity index (χ0v) is 63.6. The topological polar surface area (TPSA) is 270 Å². The van der Waals surface area contributed by atoms with E-state index in [1.54, 1.807) is 47.6 Å². The van der Waals surface area contributed by atoms with Gasteiger partial charge in [-0.15, -0.1) is 11.8 Å². The van der Waals surface area contributed by atoms with Crippen molar-refractivity contribution in [1.29, 1.82) is 0 Å². The summed E-state index contributed by atoms with van der Waals surface area (Å²) in [5.74, 6) is -9.34. The lowest BCUT2D eigenvalue weighted by Crippen LogP contribution is -2.64. The first kappa shape index (κ1) is 85.5. The number of carbonyl (C=O) groups is 11. The number of hydrogen-bond acceptors (Lipinski definition) is 13. The van der Waals surface area contributed by atoms with Crippen LogP contribution in [0.3, 0.4) is 0 Å². The van der Waals surface area contributed by atoms with Crippen molar-refractivity contribution in [3.63, 3.8) is 0 Å². The molecule has 0 saturated carbocycles. The van der Waals surface area contributed by atoms with E-state index in [2.05, 4.69) is 16.0 Å². The number of aliphatic hydroxyl groups excluding tert-OH is 1. The van der Waals surface area contributed by atoms with Crippen molar-refractivity contribution in [2.45, 2.75) is 248 Å². The number of allylic oxidation sites excluding steroid dienone is 2. The number of aliphatic hydroxyl groups is 1. The molecule has 1 aromatic rings. The Hall–Kier alpha value is -6.56. The van der Waals surface area contributed by atoms with Crippen molar-refractivity contribution in [2.75, 3.05) is 55.1 Å². The molecule has 0 spiro atoms. The molecule has 1 heterocycles. The van der Waals surface area contributed by atoms with E-state index in [1.165, 1.54) is 109 Å². The molecule has 2 rings (SSSR count). The molecular formula is C72H123N11O12S. The average molecular weight is 1370 g/mol.